The van der Waals surface area contributed by atoms with Crippen molar-refractivity contribution in [3.05, 3.63) is 29.3 Å². The van der Waals surface area contributed by atoms with Gasteiger partial charge >= 0.3 is 33.4 Å². The highest BCUT2D eigenvalue weighted by Crippen LogP contribution is 2.54. The lowest BCUT2D eigenvalue weighted by Crippen LogP contribution is -2.63. The molecule has 3 nitrogen and oxygen atoms in total. The fourth-order valence-corrected chi connectivity index (χ4v) is 1.97. The molecule has 0 aliphatic carbocycles. The molecule has 0 atom stereocenters. The number of hydrogen-bond donors (Lipinski definition) is 2. The van der Waals surface area contributed by atoms with Crippen LogP contribution in [0.2, 0.25) is 0 Å². The van der Waals surface area contributed by atoms with Crippen molar-refractivity contribution < 1.29 is 52.5 Å². The number of aryl methyl sites for hydroxylation is 1. The van der Waals surface area contributed by atoms with E-state index < -0.39 is 33.4 Å². The van der Waals surface area contributed by atoms with E-state index in [4.69, 9.17) is 4.55 Å². The van der Waals surface area contributed by atoms with E-state index in [1.807, 2.05) is 12.1 Å². The molecule has 0 aromatic heterocycles. The highest BCUT2D eigenvalue weighted by molar-refractivity contribution is 7.87. The summed E-state index contributed by atoms with van der Waals surface area (Å²) < 4.78 is 134. The lowest BCUT2D eigenvalue weighted by molar-refractivity contribution is -0.382. The number of thiol groups is 1. The first kappa shape index (κ1) is 24.8. The molecule has 0 radical (unpaired) electrons. The van der Waals surface area contributed by atoms with Crippen LogP contribution in [-0.4, -0.2) is 36.2 Å². The van der Waals surface area contributed by atoms with Crippen molar-refractivity contribution in [3.63, 3.8) is 0 Å². The van der Waals surface area contributed by atoms with Crippen LogP contribution >= 0.6 is 12.6 Å². The Balaban J connectivity index is 0.000000577. The van der Waals surface area contributed by atoms with E-state index in [0.29, 0.717) is 0 Å². The van der Waals surface area contributed by atoms with E-state index in [1.165, 1.54) is 11.1 Å². The summed E-state index contributed by atoms with van der Waals surface area (Å²) in [4.78, 5) is 1.08. The van der Waals surface area contributed by atoms with Crippen LogP contribution in [0, 0.1) is 13.8 Å². The molecular weight excluding hydrogens is 427 g/mol. The van der Waals surface area contributed by atoms with Gasteiger partial charge in [-0.2, -0.15) is 47.9 Å². The molecule has 152 valence electrons. The number of alkyl halides is 9. The van der Waals surface area contributed by atoms with Crippen LogP contribution in [0.3, 0.4) is 0 Å². The van der Waals surface area contributed by atoms with Crippen LogP contribution in [0.4, 0.5) is 39.5 Å². The van der Waals surface area contributed by atoms with E-state index in [0.717, 1.165) is 4.90 Å². The van der Waals surface area contributed by atoms with Gasteiger partial charge in [0.2, 0.25) is 0 Å². The second kappa shape index (κ2) is 7.46. The molecule has 1 rings (SSSR count). The standard InChI is InChI=1S/C8H10S.C4HF9O3S/c1-6-4-3-5-8(9)7(6)2;5-1(6,3(9,10)11)2(7,8)4(12,13)17(14,15)16/h3-5,9H,1-2H3;(H,14,15,16). The first-order valence-corrected chi connectivity index (χ1v) is 8.03. The fraction of sp³-hybridized carbons (Fsp3) is 0.500. The van der Waals surface area contributed by atoms with Crippen molar-refractivity contribution in [1.29, 1.82) is 0 Å². The van der Waals surface area contributed by atoms with Crippen molar-refractivity contribution in [2.75, 3.05) is 0 Å². The topological polar surface area (TPSA) is 54.4 Å². The first-order valence-electron chi connectivity index (χ1n) is 6.14. The monoisotopic (exact) mass is 438 g/mol. The molecule has 0 fully saturated rings. The predicted octanol–water partition coefficient (Wildman–Crippen LogP) is 4.89. The molecule has 0 heterocycles. The quantitative estimate of drug-likeness (QED) is 0.401. The lowest BCUT2D eigenvalue weighted by atomic mass is 10.1. The van der Waals surface area contributed by atoms with Crippen molar-refractivity contribution in [2.45, 2.75) is 42.0 Å². The number of benzene rings is 1. The Morgan fingerprint density at radius 1 is 0.885 bits per heavy atom. The molecule has 0 amide bonds. The fourth-order valence-electron chi connectivity index (χ4n) is 1.26. The third-order valence-corrected chi connectivity index (χ3v) is 4.40. The molecule has 0 spiro atoms. The van der Waals surface area contributed by atoms with Gasteiger partial charge in [-0.05, 0) is 31.0 Å². The van der Waals surface area contributed by atoms with Crippen molar-refractivity contribution >= 4 is 22.7 Å². The lowest BCUT2D eigenvalue weighted by Gasteiger charge is -2.31. The normalized spacial score (nSPS) is 13.9. The molecule has 0 bridgehead atoms. The van der Waals surface area contributed by atoms with Gasteiger partial charge in [0.1, 0.15) is 0 Å². The van der Waals surface area contributed by atoms with E-state index in [2.05, 4.69) is 32.5 Å². The Hall–Kier alpha value is -1.15. The maximum Gasteiger partial charge on any atom is 0.460 e. The van der Waals surface area contributed by atoms with Gasteiger partial charge in [0, 0.05) is 4.90 Å². The molecule has 0 unspecified atom stereocenters. The van der Waals surface area contributed by atoms with Gasteiger partial charge < -0.3 is 0 Å². The molecule has 0 saturated heterocycles. The minimum Gasteiger partial charge on any atom is -0.281 e. The molecule has 14 heteroatoms. The summed E-state index contributed by atoms with van der Waals surface area (Å²) in [5.41, 5.74) is 2.59. The van der Waals surface area contributed by atoms with Crippen LogP contribution in [0.1, 0.15) is 11.1 Å². The Morgan fingerprint density at radius 2 is 1.31 bits per heavy atom. The van der Waals surface area contributed by atoms with Gasteiger partial charge in [-0.3, -0.25) is 4.55 Å². The molecule has 1 aromatic rings. The van der Waals surface area contributed by atoms with Gasteiger partial charge in [-0.25, -0.2) is 0 Å². The summed E-state index contributed by atoms with van der Waals surface area (Å²) in [5, 5.41) is -7.00. The average Bonchev–Trinajstić information content (AvgIpc) is 2.42. The largest absolute Gasteiger partial charge is 0.460 e. The summed E-state index contributed by atoms with van der Waals surface area (Å²) in [6.45, 7) is 4.17. The van der Waals surface area contributed by atoms with Crippen LogP contribution in [-0.2, 0) is 10.1 Å². The van der Waals surface area contributed by atoms with E-state index in [9.17, 15) is 47.9 Å². The van der Waals surface area contributed by atoms with Crippen molar-refractivity contribution in [1.82, 2.24) is 0 Å². The molecule has 0 aliphatic rings. The van der Waals surface area contributed by atoms with Crippen molar-refractivity contribution in [3.8, 4) is 0 Å². The second-order valence-corrected chi connectivity index (χ2v) is 6.80. The zero-order chi connectivity index (χ0) is 21.4. The van der Waals surface area contributed by atoms with Crippen LogP contribution in [0.25, 0.3) is 0 Å². The zero-order valence-corrected chi connectivity index (χ0v) is 14.5. The Labute approximate surface area is 147 Å². The number of halogens is 9. The summed E-state index contributed by atoms with van der Waals surface area (Å²) >= 11 is 4.27. The maximum atomic E-state index is 12.2. The first-order chi connectivity index (χ1) is 11.2. The van der Waals surface area contributed by atoms with Gasteiger partial charge in [0.15, 0.2) is 0 Å². The van der Waals surface area contributed by atoms with Crippen molar-refractivity contribution in [2.24, 2.45) is 0 Å². The minimum atomic E-state index is -7.37. The van der Waals surface area contributed by atoms with E-state index in [-0.39, 0.29) is 0 Å². The highest BCUT2D eigenvalue weighted by Gasteiger charge is 2.85. The van der Waals surface area contributed by atoms with Crippen LogP contribution in [0.15, 0.2) is 23.1 Å². The van der Waals surface area contributed by atoms with Crippen LogP contribution in [0.5, 0.6) is 0 Å². The maximum absolute atomic E-state index is 12.2. The van der Waals surface area contributed by atoms with Gasteiger partial charge in [-0.15, -0.1) is 12.6 Å². The average molecular weight is 438 g/mol. The molecular formula is C12H11F9O3S2. The van der Waals surface area contributed by atoms with Crippen LogP contribution < -0.4 is 0 Å². The SMILES string of the molecule is Cc1cccc(S)c1C.O=S(=O)(O)C(F)(F)C(F)(F)C(F)(F)C(F)(F)F. The highest BCUT2D eigenvalue weighted by atomic mass is 32.2. The number of hydrogen-bond acceptors (Lipinski definition) is 3. The molecule has 1 aromatic carbocycles. The summed E-state index contributed by atoms with van der Waals surface area (Å²) in [5.74, 6) is -14.7. The Kier molecular flexibility index (Phi) is 7.13. The van der Waals surface area contributed by atoms with Gasteiger partial charge in [-0.1, -0.05) is 12.1 Å². The zero-order valence-electron chi connectivity index (χ0n) is 12.8. The number of rotatable bonds is 3. The summed E-state index contributed by atoms with van der Waals surface area (Å²) in [6, 6.07) is 6.12. The third kappa shape index (κ3) is 4.57. The predicted molar refractivity (Wildman–Crippen MR) is 75.6 cm³/mol. The van der Waals surface area contributed by atoms with E-state index >= 15 is 0 Å². The van der Waals surface area contributed by atoms with Gasteiger partial charge in [0.05, 0.1) is 0 Å². The summed E-state index contributed by atoms with van der Waals surface area (Å²) in [7, 11) is -7.17. The molecule has 26 heavy (non-hydrogen) atoms. The Morgan fingerprint density at radius 3 is 1.58 bits per heavy atom. The Bertz CT molecular complexity index is 723. The second-order valence-electron chi connectivity index (χ2n) is 4.86. The summed E-state index contributed by atoms with van der Waals surface area (Å²) in [6.07, 6.45) is -7.13. The minimum absolute atomic E-state index is 1.08. The molecule has 0 saturated carbocycles. The smallest absolute Gasteiger partial charge is 0.281 e. The van der Waals surface area contributed by atoms with E-state index in [1.54, 1.807) is 0 Å². The van der Waals surface area contributed by atoms with Gasteiger partial charge in [0.25, 0.3) is 0 Å². The molecule has 1 N–H and O–H groups in total. The molecule has 0 aliphatic heterocycles. The third-order valence-electron chi connectivity index (χ3n) is 3.02.